The minimum Gasteiger partial charge on any atom is -0.380 e. The van der Waals surface area contributed by atoms with Gasteiger partial charge >= 0.3 is 0 Å². The normalized spacial score (nSPS) is 26.6. The first-order valence-electron chi connectivity index (χ1n) is 9.83. The van der Waals surface area contributed by atoms with Crippen molar-refractivity contribution in [3.05, 3.63) is 30.1 Å². The SMILES string of the molecule is CO[C@@H]1CC[C@H](C(=O)N2CCC(C(=O)NCc3ccccn3)CC2)C[C@H]1N. The van der Waals surface area contributed by atoms with Gasteiger partial charge in [0, 0.05) is 44.3 Å². The molecule has 3 atom stereocenters. The number of carbonyl (C=O) groups is 2. The lowest BCUT2D eigenvalue weighted by atomic mass is 9.82. The van der Waals surface area contributed by atoms with Crippen LogP contribution in [-0.4, -0.2) is 54.0 Å². The first kappa shape index (κ1) is 19.8. The monoisotopic (exact) mass is 374 g/mol. The Balaban J connectivity index is 1.43. The van der Waals surface area contributed by atoms with E-state index in [0.717, 1.165) is 18.5 Å². The van der Waals surface area contributed by atoms with Gasteiger partial charge in [0.05, 0.1) is 18.3 Å². The summed E-state index contributed by atoms with van der Waals surface area (Å²) in [5, 5.41) is 2.96. The Kier molecular flexibility index (Phi) is 6.79. The molecule has 7 nitrogen and oxygen atoms in total. The number of carbonyl (C=O) groups excluding carboxylic acids is 2. The van der Waals surface area contributed by atoms with Gasteiger partial charge in [-0.1, -0.05) is 6.07 Å². The molecule has 3 N–H and O–H groups in total. The van der Waals surface area contributed by atoms with Crippen LogP contribution in [-0.2, 0) is 20.9 Å². The summed E-state index contributed by atoms with van der Waals surface area (Å²) in [6, 6.07) is 5.58. The average molecular weight is 374 g/mol. The van der Waals surface area contributed by atoms with Gasteiger partial charge in [0.2, 0.25) is 11.8 Å². The van der Waals surface area contributed by atoms with Crippen LogP contribution in [0.4, 0.5) is 0 Å². The zero-order valence-corrected chi connectivity index (χ0v) is 16.0. The minimum atomic E-state index is -0.0763. The second kappa shape index (κ2) is 9.28. The number of methoxy groups -OCH3 is 1. The Morgan fingerprint density at radius 2 is 2.00 bits per heavy atom. The van der Waals surface area contributed by atoms with E-state index in [0.29, 0.717) is 38.9 Å². The average Bonchev–Trinajstić information content (AvgIpc) is 2.72. The molecule has 1 aromatic heterocycles. The van der Waals surface area contributed by atoms with Crippen molar-refractivity contribution in [1.29, 1.82) is 0 Å². The predicted molar refractivity (Wildman–Crippen MR) is 102 cm³/mol. The molecule has 2 heterocycles. The fourth-order valence-electron chi connectivity index (χ4n) is 4.14. The molecule has 0 bridgehead atoms. The number of hydrogen-bond donors (Lipinski definition) is 2. The van der Waals surface area contributed by atoms with Crippen molar-refractivity contribution >= 4 is 11.8 Å². The number of piperidine rings is 1. The predicted octanol–water partition coefficient (Wildman–Crippen LogP) is 1.08. The lowest BCUT2D eigenvalue weighted by Gasteiger charge is -2.37. The molecule has 2 fully saturated rings. The lowest BCUT2D eigenvalue weighted by Crippen LogP contribution is -2.49. The van der Waals surface area contributed by atoms with Crippen molar-refractivity contribution in [3.8, 4) is 0 Å². The van der Waals surface area contributed by atoms with Crippen molar-refractivity contribution in [1.82, 2.24) is 15.2 Å². The van der Waals surface area contributed by atoms with E-state index in [1.54, 1.807) is 13.3 Å². The van der Waals surface area contributed by atoms with Crippen molar-refractivity contribution < 1.29 is 14.3 Å². The molecule has 1 aliphatic carbocycles. The summed E-state index contributed by atoms with van der Waals surface area (Å²) in [5.41, 5.74) is 6.99. The van der Waals surface area contributed by atoms with E-state index in [2.05, 4.69) is 10.3 Å². The van der Waals surface area contributed by atoms with Crippen LogP contribution in [0.2, 0.25) is 0 Å². The molecule has 0 radical (unpaired) electrons. The summed E-state index contributed by atoms with van der Waals surface area (Å²) in [6.45, 7) is 1.72. The molecule has 3 rings (SSSR count). The van der Waals surface area contributed by atoms with Crippen molar-refractivity contribution in [3.63, 3.8) is 0 Å². The number of rotatable bonds is 5. The fourth-order valence-corrected chi connectivity index (χ4v) is 4.14. The molecule has 7 heteroatoms. The van der Waals surface area contributed by atoms with Crippen LogP contribution in [0.1, 0.15) is 37.8 Å². The van der Waals surface area contributed by atoms with Crippen LogP contribution >= 0.6 is 0 Å². The van der Waals surface area contributed by atoms with E-state index in [9.17, 15) is 9.59 Å². The number of hydrogen-bond acceptors (Lipinski definition) is 5. The van der Waals surface area contributed by atoms with Crippen LogP contribution < -0.4 is 11.1 Å². The second-order valence-electron chi connectivity index (χ2n) is 7.59. The van der Waals surface area contributed by atoms with E-state index in [1.807, 2.05) is 23.1 Å². The molecule has 148 valence electrons. The number of nitrogens with zero attached hydrogens (tertiary/aromatic N) is 2. The summed E-state index contributed by atoms with van der Waals surface area (Å²) in [7, 11) is 1.68. The third-order valence-electron chi connectivity index (χ3n) is 5.83. The van der Waals surface area contributed by atoms with Crippen LogP contribution in [0.15, 0.2) is 24.4 Å². The van der Waals surface area contributed by atoms with Gasteiger partial charge in [-0.15, -0.1) is 0 Å². The molecule has 0 unspecified atom stereocenters. The largest absolute Gasteiger partial charge is 0.380 e. The highest BCUT2D eigenvalue weighted by Crippen LogP contribution is 2.28. The summed E-state index contributed by atoms with van der Waals surface area (Å²) in [5.74, 6) is 0.188. The van der Waals surface area contributed by atoms with E-state index in [1.165, 1.54) is 0 Å². The number of likely N-dealkylation sites (tertiary alicyclic amines) is 1. The molecular weight excluding hydrogens is 344 g/mol. The van der Waals surface area contributed by atoms with Gasteiger partial charge in [-0.05, 0) is 44.2 Å². The van der Waals surface area contributed by atoms with Gasteiger partial charge in [-0.3, -0.25) is 14.6 Å². The van der Waals surface area contributed by atoms with Crippen molar-refractivity contribution in [2.24, 2.45) is 17.6 Å². The number of amides is 2. The minimum absolute atomic E-state index is 0.0130. The Morgan fingerprint density at radius 1 is 1.22 bits per heavy atom. The maximum absolute atomic E-state index is 12.8. The standard InChI is InChI=1S/C20H30N4O3/c1-27-18-6-5-15(12-17(18)21)20(26)24-10-7-14(8-11-24)19(25)23-13-16-4-2-3-9-22-16/h2-4,9,14-15,17-18H,5-8,10-13,21H2,1H3,(H,23,25)/t15-,17+,18+/m0/s1. The van der Waals surface area contributed by atoms with Gasteiger partial charge in [-0.2, -0.15) is 0 Å². The first-order chi connectivity index (χ1) is 13.1. The Morgan fingerprint density at radius 3 is 2.63 bits per heavy atom. The summed E-state index contributed by atoms with van der Waals surface area (Å²) in [4.78, 5) is 31.3. The molecule has 2 amide bonds. The number of ether oxygens (including phenoxy) is 1. The molecule has 1 saturated carbocycles. The zero-order valence-electron chi connectivity index (χ0n) is 16.0. The third-order valence-corrected chi connectivity index (χ3v) is 5.83. The summed E-state index contributed by atoms with van der Waals surface area (Å²) >= 11 is 0. The van der Waals surface area contributed by atoms with Gasteiger partial charge in [0.15, 0.2) is 0 Å². The van der Waals surface area contributed by atoms with E-state index >= 15 is 0 Å². The molecule has 27 heavy (non-hydrogen) atoms. The first-order valence-corrected chi connectivity index (χ1v) is 9.83. The quantitative estimate of drug-likeness (QED) is 0.804. The zero-order chi connectivity index (χ0) is 19.2. The number of aromatic nitrogens is 1. The van der Waals surface area contributed by atoms with Crippen LogP contribution in [0.5, 0.6) is 0 Å². The number of nitrogens with two attached hydrogens (primary N) is 1. The maximum atomic E-state index is 12.8. The van der Waals surface area contributed by atoms with Crippen LogP contribution in [0.3, 0.4) is 0 Å². The van der Waals surface area contributed by atoms with E-state index < -0.39 is 0 Å². The lowest BCUT2D eigenvalue weighted by molar-refractivity contribution is -0.141. The summed E-state index contributed by atoms with van der Waals surface area (Å²) in [6.07, 6.45) is 5.54. The molecule has 2 aliphatic rings. The fraction of sp³-hybridized carbons (Fsp3) is 0.650. The van der Waals surface area contributed by atoms with Gasteiger partial charge in [-0.25, -0.2) is 0 Å². The van der Waals surface area contributed by atoms with Crippen LogP contribution in [0, 0.1) is 11.8 Å². The molecule has 0 spiro atoms. The van der Waals surface area contributed by atoms with E-state index in [4.69, 9.17) is 10.5 Å². The topological polar surface area (TPSA) is 97.5 Å². The Bertz CT molecular complexity index is 631. The van der Waals surface area contributed by atoms with Crippen LogP contribution in [0.25, 0.3) is 0 Å². The van der Waals surface area contributed by atoms with Gasteiger partial charge in [0.1, 0.15) is 0 Å². The smallest absolute Gasteiger partial charge is 0.225 e. The highest BCUT2D eigenvalue weighted by molar-refractivity contribution is 5.81. The number of nitrogens with one attached hydrogen (secondary N) is 1. The molecule has 1 aliphatic heterocycles. The summed E-state index contributed by atoms with van der Waals surface area (Å²) < 4.78 is 5.37. The molecule has 0 aromatic carbocycles. The highest BCUT2D eigenvalue weighted by atomic mass is 16.5. The highest BCUT2D eigenvalue weighted by Gasteiger charge is 2.35. The molecular formula is C20H30N4O3. The maximum Gasteiger partial charge on any atom is 0.225 e. The van der Waals surface area contributed by atoms with Crippen molar-refractivity contribution in [2.45, 2.75) is 50.8 Å². The van der Waals surface area contributed by atoms with Gasteiger partial charge in [0.25, 0.3) is 0 Å². The number of pyridine rings is 1. The van der Waals surface area contributed by atoms with Gasteiger partial charge < -0.3 is 20.7 Å². The third kappa shape index (κ3) is 5.05. The Labute approximate surface area is 160 Å². The molecule has 1 aromatic rings. The Hall–Kier alpha value is -1.99. The van der Waals surface area contributed by atoms with E-state index in [-0.39, 0.29) is 35.8 Å². The molecule has 1 saturated heterocycles. The second-order valence-corrected chi connectivity index (χ2v) is 7.59. The van der Waals surface area contributed by atoms with Crippen molar-refractivity contribution in [2.75, 3.05) is 20.2 Å².